The molecule has 0 atom stereocenters. The van der Waals surface area contributed by atoms with E-state index in [0.717, 1.165) is 38.2 Å². The highest BCUT2D eigenvalue weighted by Gasteiger charge is 2.25. The van der Waals surface area contributed by atoms with Crippen LogP contribution in [0.15, 0.2) is 18.2 Å². The summed E-state index contributed by atoms with van der Waals surface area (Å²) in [6.45, 7) is 10.0. The molecule has 1 fully saturated rings. The summed E-state index contributed by atoms with van der Waals surface area (Å²) in [5.41, 5.74) is 2.47. The van der Waals surface area contributed by atoms with Crippen molar-refractivity contribution >= 4 is 18.4 Å². The first-order valence-electron chi connectivity index (χ1n) is 8.19. The first-order chi connectivity index (χ1) is 10.6. The summed E-state index contributed by atoms with van der Waals surface area (Å²) in [6, 6.07) is 6.15. The minimum Gasteiger partial charge on any atom is -0.492 e. The maximum Gasteiger partial charge on any atom is 0.309 e. The van der Waals surface area contributed by atoms with Crippen molar-refractivity contribution < 1.29 is 14.3 Å². The van der Waals surface area contributed by atoms with E-state index in [0.29, 0.717) is 13.2 Å². The number of halogens is 1. The molecular formula is C18H28ClNO3. The van der Waals surface area contributed by atoms with Crippen LogP contribution in [0.2, 0.25) is 0 Å². The Morgan fingerprint density at radius 2 is 1.96 bits per heavy atom. The fourth-order valence-electron chi connectivity index (χ4n) is 2.82. The zero-order valence-corrected chi connectivity index (χ0v) is 15.2. The summed E-state index contributed by atoms with van der Waals surface area (Å²) in [5.74, 6) is 1.02. The fraction of sp³-hybridized carbons (Fsp3) is 0.611. The first kappa shape index (κ1) is 19.8. The van der Waals surface area contributed by atoms with Gasteiger partial charge in [-0.2, -0.15) is 0 Å². The van der Waals surface area contributed by atoms with Gasteiger partial charge in [-0.15, -0.1) is 12.4 Å². The first-order valence-corrected chi connectivity index (χ1v) is 8.19. The molecule has 0 saturated carbocycles. The molecule has 0 aliphatic carbocycles. The van der Waals surface area contributed by atoms with Gasteiger partial charge in [0.1, 0.15) is 12.4 Å². The molecule has 130 valence electrons. The van der Waals surface area contributed by atoms with E-state index in [1.807, 2.05) is 19.1 Å². The Kier molecular flexibility index (Phi) is 8.42. The second-order valence-electron chi connectivity index (χ2n) is 5.91. The van der Waals surface area contributed by atoms with E-state index >= 15 is 0 Å². The molecule has 1 aromatic carbocycles. The molecule has 1 aromatic rings. The average molecular weight is 342 g/mol. The zero-order valence-electron chi connectivity index (χ0n) is 14.3. The van der Waals surface area contributed by atoms with E-state index in [2.05, 4.69) is 24.8 Å². The molecule has 1 saturated heterocycles. The van der Waals surface area contributed by atoms with Crippen molar-refractivity contribution in [2.24, 2.45) is 5.92 Å². The third-order valence-corrected chi connectivity index (χ3v) is 4.43. The molecule has 4 nitrogen and oxygen atoms in total. The number of likely N-dealkylation sites (tertiary alicyclic amines) is 1. The van der Waals surface area contributed by atoms with E-state index in [-0.39, 0.29) is 24.3 Å². The Bertz CT molecular complexity index is 499. The van der Waals surface area contributed by atoms with Gasteiger partial charge >= 0.3 is 5.97 Å². The van der Waals surface area contributed by atoms with Crippen LogP contribution >= 0.6 is 12.4 Å². The molecule has 2 rings (SSSR count). The molecule has 0 amide bonds. The van der Waals surface area contributed by atoms with E-state index in [4.69, 9.17) is 9.47 Å². The number of rotatable bonds is 6. The van der Waals surface area contributed by atoms with E-state index in [1.54, 1.807) is 0 Å². The molecule has 1 aliphatic heterocycles. The third-order valence-electron chi connectivity index (χ3n) is 4.43. The van der Waals surface area contributed by atoms with Crippen LogP contribution in [0.5, 0.6) is 5.75 Å². The zero-order chi connectivity index (χ0) is 15.9. The second-order valence-corrected chi connectivity index (χ2v) is 5.91. The largest absolute Gasteiger partial charge is 0.492 e. The summed E-state index contributed by atoms with van der Waals surface area (Å²) in [6.07, 6.45) is 1.78. The van der Waals surface area contributed by atoms with Crippen molar-refractivity contribution in [2.45, 2.75) is 33.6 Å². The second kappa shape index (κ2) is 9.78. The molecule has 1 aliphatic rings. The van der Waals surface area contributed by atoms with Crippen LogP contribution in [-0.2, 0) is 9.53 Å². The van der Waals surface area contributed by atoms with Gasteiger partial charge in [-0.05, 0) is 63.9 Å². The summed E-state index contributed by atoms with van der Waals surface area (Å²) in [7, 11) is 0. The molecule has 23 heavy (non-hydrogen) atoms. The van der Waals surface area contributed by atoms with Crippen LogP contribution in [0.3, 0.4) is 0 Å². The standard InChI is InChI=1S/C18H27NO3.ClH/c1-4-21-18(20)16-8-10-19(11-9-16)12-13-22-17-7-5-6-14(2)15(17)3;/h5-7,16H,4,8-13H2,1-3H3;1H. The van der Waals surface area contributed by atoms with Crippen LogP contribution < -0.4 is 4.74 Å². The van der Waals surface area contributed by atoms with Crippen LogP contribution in [0.4, 0.5) is 0 Å². The van der Waals surface area contributed by atoms with Crippen molar-refractivity contribution in [3.63, 3.8) is 0 Å². The highest BCUT2D eigenvalue weighted by molar-refractivity contribution is 5.85. The van der Waals surface area contributed by atoms with Crippen LogP contribution in [0, 0.1) is 19.8 Å². The highest BCUT2D eigenvalue weighted by atomic mass is 35.5. The fourth-order valence-corrected chi connectivity index (χ4v) is 2.82. The molecule has 0 radical (unpaired) electrons. The number of nitrogens with zero attached hydrogens (tertiary/aromatic N) is 1. The van der Waals surface area contributed by atoms with Gasteiger partial charge < -0.3 is 9.47 Å². The molecule has 0 bridgehead atoms. The average Bonchev–Trinajstić information content (AvgIpc) is 2.52. The number of benzene rings is 1. The predicted molar refractivity (Wildman–Crippen MR) is 94.5 cm³/mol. The van der Waals surface area contributed by atoms with Crippen molar-refractivity contribution in [2.75, 3.05) is 32.8 Å². The molecular weight excluding hydrogens is 314 g/mol. The van der Waals surface area contributed by atoms with Gasteiger partial charge in [0.25, 0.3) is 0 Å². The Morgan fingerprint density at radius 3 is 2.61 bits per heavy atom. The topological polar surface area (TPSA) is 38.8 Å². The predicted octanol–water partition coefficient (Wildman–Crippen LogP) is 3.38. The number of piperidine rings is 1. The Hall–Kier alpha value is -1.26. The SMILES string of the molecule is CCOC(=O)C1CCN(CCOc2cccc(C)c2C)CC1.Cl. The molecule has 0 N–H and O–H groups in total. The van der Waals surface area contributed by atoms with Gasteiger partial charge in [0.2, 0.25) is 0 Å². The van der Waals surface area contributed by atoms with Gasteiger partial charge in [-0.1, -0.05) is 12.1 Å². The minimum atomic E-state index is -0.0335. The Morgan fingerprint density at radius 1 is 1.26 bits per heavy atom. The highest BCUT2D eigenvalue weighted by Crippen LogP contribution is 2.21. The van der Waals surface area contributed by atoms with E-state index in [1.165, 1.54) is 11.1 Å². The van der Waals surface area contributed by atoms with Gasteiger partial charge in [-0.3, -0.25) is 9.69 Å². The van der Waals surface area contributed by atoms with Gasteiger partial charge in [0.05, 0.1) is 12.5 Å². The maximum absolute atomic E-state index is 11.7. The Labute approximate surface area is 145 Å². The quantitative estimate of drug-likeness (QED) is 0.743. The number of carbonyl (C=O) groups is 1. The van der Waals surface area contributed by atoms with Crippen molar-refractivity contribution in [3.8, 4) is 5.75 Å². The lowest BCUT2D eigenvalue weighted by molar-refractivity contribution is -0.149. The lowest BCUT2D eigenvalue weighted by atomic mass is 9.97. The lowest BCUT2D eigenvalue weighted by Gasteiger charge is -2.30. The van der Waals surface area contributed by atoms with Crippen LogP contribution in [-0.4, -0.2) is 43.7 Å². The van der Waals surface area contributed by atoms with Crippen LogP contribution in [0.1, 0.15) is 30.9 Å². The minimum absolute atomic E-state index is 0. The number of hydrogen-bond acceptors (Lipinski definition) is 4. The van der Waals surface area contributed by atoms with Gasteiger partial charge in [-0.25, -0.2) is 0 Å². The number of aryl methyl sites for hydroxylation is 1. The van der Waals surface area contributed by atoms with E-state index < -0.39 is 0 Å². The smallest absolute Gasteiger partial charge is 0.309 e. The summed E-state index contributed by atoms with van der Waals surface area (Å²) in [4.78, 5) is 14.1. The van der Waals surface area contributed by atoms with Gasteiger partial charge in [0.15, 0.2) is 0 Å². The van der Waals surface area contributed by atoms with Crippen molar-refractivity contribution in [1.82, 2.24) is 4.90 Å². The number of carbonyl (C=O) groups excluding carboxylic acids is 1. The third kappa shape index (κ3) is 5.70. The van der Waals surface area contributed by atoms with Crippen LogP contribution in [0.25, 0.3) is 0 Å². The molecule has 5 heteroatoms. The van der Waals surface area contributed by atoms with E-state index in [9.17, 15) is 4.79 Å². The molecule has 1 heterocycles. The molecule has 0 unspecified atom stereocenters. The number of hydrogen-bond donors (Lipinski definition) is 0. The number of esters is 1. The monoisotopic (exact) mass is 341 g/mol. The Balaban J connectivity index is 0.00000264. The summed E-state index contributed by atoms with van der Waals surface area (Å²) in [5, 5.41) is 0. The summed E-state index contributed by atoms with van der Waals surface area (Å²) >= 11 is 0. The summed E-state index contributed by atoms with van der Waals surface area (Å²) < 4.78 is 11.0. The van der Waals surface area contributed by atoms with Gasteiger partial charge in [0, 0.05) is 6.54 Å². The van der Waals surface area contributed by atoms with Crippen molar-refractivity contribution in [1.29, 1.82) is 0 Å². The normalized spacial score (nSPS) is 15.8. The lowest BCUT2D eigenvalue weighted by Crippen LogP contribution is -2.39. The molecule has 0 aromatic heterocycles. The molecule has 0 spiro atoms. The van der Waals surface area contributed by atoms with Crippen molar-refractivity contribution in [3.05, 3.63) is 29.3 Å². The maximum atomic E-state index is 11.7. The number of ether oxygens (including phenoxy) is 2.